The molecule has 0 unspecified atom stereocenters. The first-order chi connectivity index (χ1) is 7.86. The molecule has 0 saturated heterocycles. The van der Waals surface area contributed by atoms with Gasteiger partial charge in [-0.2, -0.15) is 0 Å². The Bertz CT molecular complexity index is 511. The number of fused-ring (bicyclic) bond motifs is 1. The smallest absolute Gasteiger partial charge is 0.189 e. The fourth-order valence-corrected chi connectivity index (χ4v) is 3.11. The van der Waals surface area contributed by atoms with E-state index < -0.39 is 0 Å². The predicted molar refractivity (Wildman–Crippen MR) is 67.7 cm³/mol. The van der Waals surface area contributed by atoms with Crippen LogP contribution in [0.25, 0.3) is 0 Å². The maximum absolute atomic E-state index is 12.3. The summed E-state index contributed by atoms with van der Waals surface area (Å²) in [6.45, 7) is 0. The molecule has 0 saturated carbocycles. The molecule has 0 atom stereocenters. The molecule has 0 N–H and O–H groups in total. The van der Waals surface area contributed by atoms with Gasteiger partial charge in [-0.05, 0) is 29.4 Å². The lowest BCUT2D eigenvalue weighted by molar-refractivity contribution is 0.102. The van der Waals surface area contributed by atoms with Crippen molar-refractivity contribution in [2.45, 2.75) is 12.8 Å². The highest BCUT2D eigenvalue weighted by Gasteiger charge is 2.24. The molecule has 3 rings (SSSR count). The first-order valence-electron chi connectivity index (χ1n) is 5.49. The number of benzene rings is 1. The monoisotopic (exact) mass is 228 g/mol. The summed E-state index contributed by atoms with van der Waals surface area (Å²) in [5, 5.41) is 2.08. The van der Waals surface area contributed by atoms with Crippen LogP contribution in [0.1, 0.15) is 22.3 Å². The number of rotatable bonds is 0. The average molecular weight is 228 g/mol. The van der Waals surface area contributed by atoms with Crippen molar-refractivity contribution < 1.29 is 4.79 Å². The Morgan fingerprint density at radius 1 is 1.12 bits per heavy atom. The average Bonchev–Trinajstić information content (AvgIpc) is 2.83. The third-order valence-electron chi connectivity index (χ3n) is 3.17. The van der Waals surface area contributed by atoms with Crippen molar-refractivity contribution in [3.63, 3.8) is 0 Å². The highest BCUT2D eigenvalue weighted by molar-refractivity contribution is 8.02. The second-order valence-electron chi connectivity index (χ2n) is 4.10. The second kappa shape index (κ2) is 3.95. The van der Waals surface area contributed by atoms with Gasteiger partial charge in [-0.15, -0.1) is 11.8 Å². The van der Waals surface area contributed by atoms with Gasteiger partial charge in [-0.1, -0.05) is 30.3 Å². The van der Waals surface area contributed by atoms with Crippen molar-refractivity contribution in [2.75, 3.05) is 5.75 Å². The van der Waals surface area contributed by atoms with Gasteiger partial charge in [0.25, 0.3) is 0 Å². The van der Waals surface area contributed by atoms with Crippen molar-refractivity contribution in [3.05, 3.63) is 58.0 Å². The molecule has 0 spiro atoms. The minimum atomic E-state index is 0.240. The van der Waals surface area contributed by atoms with Crippen LogP contribution in [0.3, 0.4) is 0 Å². The zero-order valence-corrected chi connectivity index (χ0v) is 9.72. The van der Waals surface area contributed by atoms with E-state index in [4.69, 9.17) is 0 Å². The molecule has 0 radical (unpaired) electrons. The van der Waals surface area contributed by atoms with Gasteiger partial charge in [0.1, 0.15) is 0 Å². The first kappa shape index (κ1) is 9.91. The van der Waals surface area contributed by atoms with Crippen LogP contribution in [0.4, 0.5) is 0 Å². The molecule has 1 aromatic carbocycles. The number of ketones is 1. The van der Waals surface area contributed by atoms with Crippen molar-refractivity contribution in [1.82, 2.24) is 0 Å². The van der Waals surface area contributed by atoms with E-state index in [0.29, 0.717) is 0 Å². The maximum Gasteiger partial charge on any atom is 0.189 e. The molecule has 0 bridgehead atoms. The van der Waals surface area contributed by atoms with Gasteiger partial charge in [-0.25, -0.2) is 0 Å². The van der Waals surface area contributed by atoms with Gasteiger partial charge in [0, 0.05) is 16.9 Å². The van der Waals surface area contributed by atoms with E-state index in [1.807, 2.05) is 18.2 Å². The van der Waals surface area contributed by atoms with Crippen LogP contribution >= 0.6 is 11.8 Å². The minimum Gasteiger partial charge on any atom is -0.289 e. The number of thioether (sulfide) groups is 1. The number of carbonyl (C=O) groups is 1. The van der Waals surface area contributed by atoms with Crippen LogP contribution in [0.15, 0.2) is 46.9 Å². The van der Waals surface area contributed by atoms with E-state index in [9.17, 15) is 4.79 Å². The molecule has 0 fully saturated rings. The van der Waals surface area contributed by atoms with Crippen LogP contribution in [0.5, 0.6) is 0 Å². The van der Waals surface area contributed by atoms with Crippen LogP contribution in [-0.4, -0.2) is 11.5 Å². The minimum absolute atomic E-state index is 0.240. The van der Waals surface area contributed by atoms with Crippen molar-refractivity contribution >= 4 is 17.5 Å². The predicted octanol–water partition coefficient (Wildman–Crippen LogP) is 3.37. The molecule has 16 heavy (non-hydrogen) atoms. The third kappa shape index (κ3) is 1.54. The standard InChI is InChI=1S/C14H12OS/c15-14-12-4-2-1-3-10(12)5-6-13(14)11-7-8-16-9-11/h1-4,7-8H,5-6,9H2/b13-11-. The summed E-state index contributed by atoms with van der Waals surface area (Å²) in [5.74, 6) is 1.20. The summed E-state index contributed by atoms with van der Waals surface area (Å²) in [6.07, 6.45) is 3.99. The zero-order chi connectivity index (χ0) is 11.0. The maximum atomic E-state index is 12.3. The number of hydrogen-bond acceptors (Lipinski definition) is 2. The number of aryl methyl sites for hydroxylation is 1. The Balaban J connectivity index is 2.08. The summed E-state index contributed by atoms with van der Waals surface area (Å²) >= 11 is 1.77. The van der Waals surface area contributed by atoms with Crippen molar-refractivity contribution in [3.8, 4) is 0 Å². The fourth-order valence-electron chi connectivity index (χ4n) is 2.31. The summed E-state index contributed by atoms with van der Waals surface area (Å²) < 4.78 is 0. The van der Waals surface area contributed by atoms with E-state index in [2.05, 4.69) is 17.6 Å². The number of Topliss-reactive ketones (excluding diaryl/α,β-unsaturated/α-hetero) is 1. The number of carbonyl (C=O) groups excluding carboxylic acids is 1. The van der Waals surface area contributed by atoms with Crippen molar-refractivity contribution in [1.29, 1.82) is 0 Å². The summed E-state index contributed by atoms with van der Waals surface area (Å²) in [6, 6.07) is 7.97. The third-order valence-corrected chi connectivity index (χ3v) is 3.98. The molecule has 1 heterocycles. The Hall–Kier alpha value is -1.28. The molecular weight excluding hydrogens is 216 g/mol. The Kier molecular flexibility index (Phi) is 2.44. The van der Waals surface area contributed by atoms with Gasteiger partial charge >= 0.3 is 0 Å². The molecular formula is C14H12OS. The topological polar surface area (TPSA) is 17.1 Å². The van der Waals surface area contributed by atoms with Crippen LogP contribution in [0, 0.1) is 0 Å². The first-order valence-corrected chi connectivity index (χ1v) is 6.54. The number of allylic oxidation sites excluding steroid dienone is 2. The lowest BCUT2D eigenvalue weighted by Gasteiger charge is -2.18. The Labute approximate surface area is 99.2 Å². The molecule has 80 valence electrons. The molecule has 1 aromatic rings. The SMILES string of the molecule is O=C1/C(=C2/C=CSC2)CCc2ccccc21. The van der Waals surface area contributed by atoms with Gasteiger partial charge < -0.3 is 0 Å². The fraction of sp³-hybridized carbons (Fsp3) is 0.214. The molecule has 1 aliphatic carbocycles. The molecule has 1 nitrogen and oxygen atoms in total. The molecule has 0 amide bonds. The molecule has 2 aliphatic rings. The summed E-state index contributed by atoms with van der Waals surface area (Å²) in [7, 11) is 0. The van der Waals surface area contributed by atoms with Crippen LogP contribution in [-0.2, 0) is 6.42 Å². The highest BCUT2D eigenvalue weighted by atomic mass is 32.2. The van der Waals surface area contributed by atoms with E-state index >= 15 is 0 Å². The lowest BCUT2D eigenvalue weighted by Crippen LogP contribution is -2.15. The van der Waals surface area contributed by atoms with E-state index in [0.717, 1.165) is 29.7 Å². The lowest BCUT2D eigenvalue weighted by atomic mass is 9.85. The molecule has 2 heteroatoms. The van der Waals surface area contributed by atoms with Crippen LogP contribution < -0.4 is 0 Å². The van der Waals surface area contributed by atoms with Gasteiger partial charge in [0.2, 0.25) is 0 Å². The molecule has 1 aliphatic heterocycles. The Morgan fingerprint density at radius 2 is 2.00 bits per heavy atom. The van der Waals surface area contributed by atoms with Crippen molar-refractivity contribution in [2.24, 2.45) is 0 Å². The molecule has 0 aromatic heterocycles. The van der Waals surface area contributed by atoms with Crippen LogP contribution in [0.2, 0.25) is 0 Å². The highest BCUT2D eigenvalue weighted by Crippen LogP contribution is 2.31. The number of hydrogen-bond donors (Lipinski definition) is 0. The second-order valence-corrected chi connectivity index (χ2v) is 5.00. The normalized spacial score (nSPS) is 23.6. The van der Waals surface area contributed by atoms with Gasteiger partial charge in [0.05, 0.1) is 0 Å². The zero-order valence-electron chi connectivity index (χ0n) is 8.90. The largest absolute Gasteiger partial charge is 0.289 e. The van der Waals surface area contributed by atoms with E-state index in [1.54, 1.807) is 11.8 Å². The Morgan fingerprint density at radius 3 is 2.81 bits per heavy atom. The van der Waals surface area contributed by atoms with E-state index in [-0.39, 0.29) is 5.78 Å². The van der Waals surface area contributed by atoms with Gasteiger partial charge in [-0.3, -0.25) is 4.79 Å². The van der Waals surface area contributed by atoms with E-state index in [1.165, 1.54) is 11.1 Å². The summed E-state index contributed by atoms with van der Waals surface area (Å²) in [4.78, 5) is 12.3. The summed E-state index contributed by atoms with van der Waals surface area (Å²) in [5.41, 5.74) is 4.36. The van der Waals surface area contributed by atoms with Gasteiger partial charge in [0.15, 0.2) is 5.78 Å². The quantitative estimate of drug-likeness (QED) is 0.633.